The molecule has 0 aromatic heterocycles. The molecule has 0 bridgehead atoms. The summed E-state index contributed by atoms with van der Waals surface area (Å²) in [7, 11) is 0. The molecule has 0 fully saturated rings. The van der Waals surface area contributed by atoms with Gasteiger partial charge in [-0.1, -0.05) is 173 Å². The van der Waals surface area contributed by atoms with E-state index in [-0.39, 0.29) is 0 Å². The van der Waals surface area contributed by atoms with Crippen LogP contribution in [0.4, 0.5) is 11.4 Å². The SMILES string of the molecule is CCCCCCCCCCCCCc1ccc(N=C(C)C(CC)=Nc2ccc(CCCCCCCCCCCCC)cc2)cc1. The Morgan fingerprint density at radius 1 is 0.400 bits per heavy atom. The Morgan fingerprint density at radius 2 is 0.711 bits per heavy atom. The number of nitrogens with zero attached hydrogens (tertiary/aromatic N) is 2. The second-order valence-corrected chi connectivity index (χ2v) is 13.5. The van der Waals surface area contributed by atoms with E-state index in [1.165, 1.54) is 165 Å². The van der Waals surface area contributed by atoms with Crippen molar-refractivity contribution in [2.24, 2.45) is 9.98 Å². The van der Waals surface area contributed by atoms with E-state index >= 15 is 0 Å². The molecule has 2 aromatic rings. The van der Waals surface area contributed by atoms with Crippen LogP contribution >= 0.6 is 0 Å². The molecule has 2 heteroatoms. The normalized spacial score (nSPS) is 12.3. The van der Waals surface area contributed by atoms with E-state index in [1.54, 1.807) is 0 Å². The summed E-state index contributed by atoms with van der Waals surface area (Å²) in [4.78, 5) is 9.90. The molecule has 252 valence electrons. The van der Waals surface area contributed by atoms with Crippen molar-refractivity contribution in [3.8, 4) is 0 Å². The molecule has 0 N–H and O–H groups in total. The molecule has 0 aliphatic rings. The average molecular weight is 615 g/mol. The molecule has 0 aliphatic heterocycles. The van der Waals surface area contributed by atoms with Gasteiger partial charge in [0.2, 0.25) is 0 Å². The first kappa shape index (κ1) is 39.0. The fourth-order valence-corrected chi connectivity index (χ4v) is 6.29. The average Bonchev–Trinajstić information content (AvgIpc) is 3.06. The van der Waals surface area contributed by atoms with Gasteiger partial charge in [-0.05, 0) is 74.4 Å². The van der Waals surface area contributed by atoms with Gasteiger partial charge in [0.05, 0.1) is 22.8 Å². The van der Waals surface area contributed by atoms with Crippen LogP contribution in [0.3, 0.4) is 0 Å². The number of aryl methyl sites for hydroxylation is 2. The highest BCUT2D eigenvalue weighted by molar-refractivity contribution is 6.42. The van der Waals surface area contributed by atoms with Crippen LogP contribution in [0.25, 0.3) is 0 Å². The minimum absolute atomic E-state index is 0.882. The van der Waals surface area contributed by atoms with Gasteiger partial charge in [0.15, 0.2) is 0 Å². The molecule has 0 saturated heterocycles. The Bertz CT molecular complexity index is 1010. The minimum Gasteiger partial charge on any atom is -0.252 e. The molecule has 0 saturated carbocycles. The van der Waals surface area contributed by atoms with Gasteiger partial charge in [-0.3, -0.25) is 9.98 Å². The van der Waals surface area contributed by atoms with Crippen molar-refractivity contribution in [3.63, 3.8) is 0 Å². The van der Waals surface area contributed by atoms with Crippen LogP contribution in [-0.4, -0.2) is 11.4 Å². The molecular formula is C43H70N2. The fourth-order valence-electron chi connectivity index (χ4n) is 6.29. The largest absolute Gasteiger partial charge is 0.252 e. The summed E-state index contributed by atoms with van der Waals surface area (Å²) in [5, 5.41) is 0. The van der Waals surface area contributed by atoms with Gasteiger partial charge in [-0.2, -0.15) is 0 Å². The van der Waals surface area contributed by atoms with Crippen LogP contribution in [-0.2, 0) is 12.8 Å². The third kappa shape index (κ3) is 19.8. The molecule has 0 atom stereocenters. The highest BCUT2D eigenvalue weighted by atomic mass is 14.8. The summed E-state index contributed by atoms with van der Waals surface area (Å²) >= 11 is 0. The Balaban J connectivity index is 1.65. The molecular weight excluding hydrogens is 544 g/mol. The van der Waals surface area contributed by atoms with Gasteiger partial charge in [0, 0.05) is 0 Å². The molecule has 0 amide bonds. The minimum atomic E-state index is 0.882. The van der Waals surface area contributed by atoms with E-state index in [4.69, 9.17) is 9.98 Å². The second-order valence-electron chi connectivity index (χ2n) is 13.5. The summed E-state index contributed by atoms with van der Waals surface area (Å²) in [5.41, 5.74) is 7.01. The number of benzene rings is 2. The topological polar surface area (TPSA) is 24.7 Å². The Kier molecular flexibility index (Phi) is 23.3. The van der Waals surface area contributed by atoms with E-state index in [2.05, 4.69) is 76.2 Å². The van der Waals surface area contributed by atoms with Crippen molar-refractivity contribution in [2.45, 2.75) is 188 Å². The Morgan fingerprint density at radius 3 is 1.04 bits per heavy atom. The predicted molar refractivity (Wildman–Crippen MR) is 203 cm³/mol. The first-order valence-electron chi connectivity index (χ1n) is 19.5. The van der Waals surface area contributed by atoms with Crippen LogP contribution in [0.15, 0.2) is 58.5 Å². The van der Waals surface area contributed by atoms with Gasteiger partial charge in [-0.15, -0.1) is 0 Å². The quantitative estimate of drug-likeness (QED) is 0.0673. The number of rotatable bonds is 28. The number of hydrogen-bond acceptors (Lipinski definition) is 2. The Hall–Kier alpha value is -2.22. The lowest BCUT2D eigenvalue weighted by molar-refractivity contribution is 0.549. The summed E-state index contributed by atoms with van der Waals surface area (Å²) < 4.78 is 0. The van der Waals surface area contributed by atoms with Crippen LogP contribution < -0.4 is 0 Å². The van der Waals surface area contributed by atoms with E-state index in [0.717, 1.165) is 29.2 Å². The maximum absolute atomic E-state index is 4.97. The first-order valence-corrected chi connectivity index (χ1v) is 19.5. The van der Waals surface area contributed by atoms with Crippen LogP contribution in [0.2, 0.25) is 0 Å². The third-order valence-corrected chi connectivity index (χ3v) is 9.32. The maximum Gasteiger partial charge on any atom is 0.0633 e. The van der Waals surface area contributed by atoms with Crippen LogP contribution in [0.1, 0.15) is 187 Å². The van der Waals surface area contributed by atoms with Crippen molar-refractivity contribution >= 4 is 22.8 Å². The molecule has 45 heavy (non-hydrogen) atoms. The van der Waals surface area contributed by atoms with Crippen molar-refractivity contribution in [1.82, 2.24) is 0 Å². The van der Waals surface area contributed by atoms with Gasteiger partial charge < -0.3 is 0 Å². The third-order valence-electron chi connectivity index (χ3n) is 9.32. The van der Waals surface area contributed by atoms with Gasteiger partial charge in [0.25, 0.3) is 0 Å². The fraction of sp³-hybridized carbons (Fsp3) is 0.674. The molecule has 0 radical (unpaired) electrons. The zero-order valence-electron chi connectivity index (χ0n) is 30.2. The summed E-state index contributed by atoms with van der Waals surface area (Å²) in [6, 6.07) is 17.8. The lowest BCUT2D eigenvalue weighted by Gasteiger charge is -2.07. The molecule has 0 aliphatic carbocycles. The Labute approximate surface area is 280 Å². The van der Waals surface area contributed by atoms with Gasteiger partial charge >= 0.3 is 0 Å². The lowest BCUT2D eigenvalue weighted by Crippen LogP contribution is -2.08. The number of unbranched alkanes of at least 4 members (excludes halogenated alkanes) is 20. The lowest BCUT2D eigenvalue weighted by atomic mass is 10.0. The van der Waals surface area contributed by atoms with Crippen molar-refractivity contribution in [1.29, 1.82) is 0 Å². The maximum atomic E-state index is 4.97. The van der Waals surface area contributed by atoms with Crippen molar-refractivity contribution in [3.05, 3.63) is 59.7 Å². The van der Waals surface area contributed by atoms with E-state index in [1.807, 2.05) is 0 Å². The molecule has 0 heterocycles. The van der Waals surface area contributed by atoms with Crippen molar-refractivity contribution < 1.29 is 0 Å². The summed E-state index contributed by atoms with van der Waals surface area (Å²) in [5.74, 6) is 0. The zero-order chi connectivity index (χ0) is 32.2. The molecule has 2 nitrogen and oxygen atoms in total. The first-order chi connectivity index (χ1) is 22.2. The van der Waals surface area contributed by atoms with E-state index in [9.17, 15) is 0 Å². The monoisotopic (exact) mass is 615 g/mol. The standard InChI is InChI=1S/C43H70N2/c1-5-8-10-12-14-16-18-20-22-24-26-28-39-30-34-41(35-31-39)44-38(4)43(7-3)45-42-36-32-40(33-37-42)29-27-25-23-21-19-17-15-13-11-9-6-2/h30-37H,5-29H2,1-4H3. The van der Waals surface area contributed by atoms with Crippen LogP contribution in [0, 0.1) is 0 Å². The molecule has 0 unspecified atom stereocenters. The molecule has 2 aromatic carbocycles. The van der Waals surface area contributed by atoms with Gasteiger partial charge in [0.1, 0.15) is 0 Å². The summed E-state index contributed by atoms with van der Waals surface area (Å²) in [6.07, 6.45) is 34.0. The van der Waals surface area contributed by atoms with E-state index in [0.29, 0.717) is 0 Å². The highest BCUT2D eigenvalue weighted by Crippen LogP contribution is 2.20. The van der Waals surface area contributed by atoms with E-state index < -0.39 is 0 Å². The second kappa shape index (κ2) is 26.9. The number of hydrogen-bond donors (Lipinski definition) is 0. The predicted octanol–water partition coefficient (Wildman–Crippen LogP) is 14.7. The zero-order valence-corrected chi connectivity index (χ0v) is 30.2. The highest BCUT2D eigenvalue weighted by Gasteiger charge is 2.04. The smallest absolute Gasteiger partial charge is 0.0633 e. The summed E-state index contributed by atoms with van der Waals surface area (Å²) in [6.45, 7) is 8.86. The van der Waals surface area contributed by atoms with Gasteiger partial charge in [-0.25, -0.2) is 0 Å². The number of aliphatic imine (C=N–C) groups is 2. The van der Waals surface area contributed by atoms with Crippen molar-refractivity contribution in [2.75, 3.05) is 0 Å². The molecule has 0 spiro atoms. The molecule has 2 rings (SSSR count). The van der Waals surface area contributed by atoms with Crippen LogP contribution in [0.5, 0.6) is 0 Å².